The predicted molar refractivity (Wildman–Crippen MR) is 61.9 cm³/mol. The summed E-state index contributed by atoms with van der Waals surface area (Å²) in [5, 5.41) is 0. The van der Waals surface area contributed by atoms with Crippen molar-refractivity contribution in [1.29, 1.82) is 0 Å². The highest BCUT2D eigenvalue weighted by Gasteiger charge is 2.21. The zero-order valence-electron chi connectivity index (χ0n) is 10.1. The number of ether oxygens (including phenoxy) is 1. The second-order valence-electron chi connectivity index (χ2n) is 5.02. The first-order chi connectivity index (χ1) is 7.20. The lowest BCUT2D eigenvalue weighted by molar-refractivity contribution is -0.123. The first-order valence-corrected chi connectivity index (χ1v) is 6.30. The third kappa shape index (κ3) is 5.31. The molecule has 1 aliphatic rings. The molecule has 2 heteroatoms. The van der Waals surface area contributed by atoms with E-state index in [9.17, 15) is 4.79 Å². The molecule has 1 fully saturated rings. The smallest absolute Gasteiger partial charge is 0.136 e. The van der Waals surface area contributed by atoms with Gasteiger partial charge < -0.3 is 4.74 Å². The van der Waals surface area contributed by atoms with Crippen molar-refractivity contribution in [2.24, 2.45) is 11.8 Å². The van der Waals surface area contributed by atoms with E-state index >= 15 is 0 Å². The summed E-state index contributed by atoms with van der Waals surface area (Å²) in [4.78, 5) is 11.7. The van der Waals surface area contributed by atoms with Crippen molar-refractivity contribution in [3.05, 3.63) is 0 Å². The van der Waals surface area contributed by atoms with Gasteiger partial charge in [-0.05, 0) is 25.2 Å². The second kappa shape index (κ2) is 7.00. The van der Waals surface area contributed by atoms with Gasteiger partial charge in [-0.25, -0.2) is 0 Å². The summed E-state index contributed by atoms with van der Waals surface area (Å²) in [6.07, 6.45) is 6.39. The fourth-order valence-corrected chi connectivity index (χ4v) is 2.12. The fourth-order valence-electron chi connectivity index (χ4n) is 2.12. The van der Waals surface area contributed by atoms with Crippen LogP contribution in [0.1, 0.15) is 52.4 Å². The highest BCUT2D eigenvalue weighted by Crippen LogP contribution is 2.26. The molecule has 1 saturated carbocycles. The minimum absolute atomic E-state index is 0.384. The van der Waals surface area contributed by atoms with Gasteiger partial charge in [0.1, 0.15) is 5.78 Å². The van der Waals surface area contributed by atoms with E-state index in [0.29, 0.717) is 17.6 Å². The van der Waals surface area contributed by atoms with Gasteiger partial charge in [0.15, 0.2) is 0 Å². The van der Waals surface area contributed by atoms with E-state index in [1.807, 2.05) is 0 Å². The molecule has 0 aromatic heterocycles. The maximum absolute atomic E-state index is 11.7. The molecular formula is C13H24O2. The summed E-state index contributed by atoms with van der Waals surface area (Å²) in [7, 11) is 0. The quantitative estimate of drug-likeness (QED) is 0.606. The van der Waals surface area contributed by atoms with Gasteiger partial charge >= 0.3 is 0 Å². The summed E-state index contributed by atoms with van der Waals surface area (Å²) in [6, 6.07) is 0. The molecule has 0 N–H and O–H groups in total. The summed E-state index contributed by atoms with van der Waals surface area (Å²) in [5.41, 5.74) is 0. The van der Waals surface area contributed by atoms with Crippen LogP contribution < -0.4 is 0 Å². The zero-order valence-corrected chi connectivity index (χ0v) is 10.1. The minimum atomic E-state index is 0.384. The van der Waals surface area contributed by atoms with Crippen molar-refractivity contribution in [2.45, 2.75) is 52.4 Å². The van der Waals surface area contributed by atoms with E-state index in [0.717, 1.165) is 38.9 Å². The number of hydrogen-bond acceptors (Lipinski definition) is 2. The lowest BCUT2D eigenvalue weighted by Gasteiger charge is -2.08. The highest BCUT2D eigenvalue weighted by atomic mass is 16.5. The maximum atomic E-state index is 11.7. The molecule has 0 aromatic carbocycles. The van der Waals surface area contributed by atoms with Crippen LogP contribution in [0.4, 0.5) is 0 Å². The monoisotopic (exact) mass is 212 g/mol. The second-order valence-corrected chi connectivity index (χ2v) is 5.02. The van der Waals surface area contributed by atoms with E-state index in [-0.39, 0.29) is 0 Å². The molecule has 2 nitrogen and oxygen atoms in total. The van der Waals surface area contributed by atoms with Gasteiger partial charge in [0.05, 0.1) is 0 Å². The Labute approximate surface area is 93.4 Å². The van der Waals surface area contributed by atoms with Crippen LogP contribution >= 0.6 is 0 Å². The molecule has 0 heterocycles. The molecule has 0 amide bonds. The van der Waals surface area contributed by atoms with Gasteiger partial charge in [-0.15, -0.1) is 0 Å². The van der Waals surface area contributed by atoms with Crippen molar-refractivity contribution in [3.8, 4) is 0 Å². The van der Waals surface area contributed by atoms with E-state index in [4.69, 9.17) is 4.74 Å². The van der Waals surface area contributed by atoms with E-state index in [1.165, 1.54) is 12.8 Å². The van der Waals surface area contributed by atoms with Crippen LogP contribution in [0.2, 0.25) is 0 Å². The predicted octanol–water partition coefficient (Wildman–Crippen LogP) is 3.20. The Kier molecular flexibility index (Phi) is 5.92. The molecule has 0 atom stereocenters. The van der Waals surface area contributed by atoms with Crippen molar-refractivity contribution in [2.75, 3.05) is 13.2 Å². The van der Waals surface area contributed by atoms with E-state index < -0.39 is 0 Å². The normalized spacial score (nSPS) is 17.5. The van der Waals surface area contributed by atoms with Crippen molar-refractivity contribution in [3.63, 3.8) is 0 Å². The lowest BCUT2D eigenvalue weighted by Crippen LogP contribution is -2.12. The zero-order chi connectivity index (χ0) is 11.1. The average molecular weight is 212 g/mol. The molecule has 1 rings (SSSR count). The SMILES string of the molecule is CC(C)COCCCC(=O)C1CCCC1. The molecule has 0 radical (unpaired) electrons. The number of Topliss-reactive ketones (excluding diaryl/α,β-unsaturated/α-hetero) is 1. The minimum Gasteiger partial charge on any atom is -0.381 e. The Morgan fingerprint density at radius 3 is 2.60 bits per heavy atom. The maximum Gasteiger partial charge on any atom is 0.136 e. The molecule has 0 spiro atoms. The van der Waals surface area contributed by atoms with Gasteiger partial charge in [0, 0.05) is 25.6 Å². The molecular weight excluding hydrogens is 188 g/mol. The van der Waals surface area contributed by atoms with Crippen LogP contribution in [-0.2, 0) is 9.53 Å². The molecule has 88 valence electrons. The average Bonchev–Trinajstić information content (AvgIpc) is 2.69. The molecule has 0 aliphatic heterocycles. The molecule has 0 saturated heterocycles. The summed E-state index contributed by atoms with van der Waals surface area (Å²) >= 11 is 0. The van der Waals surface area contributed by atoms with E-state index in [1.54, 1.807) is 0 Å². The van der Waals surface area contributed by atoms with Crippen LogP contribution in [0.25, 0.3) is 0 Å². The Morgan fingerprint density at radius 2 is 2.00 bits per heavy atom. The standard InChI is InChI=1S/C13H24O2/c1-11(2)10-15-9-5-8-13(14)12-6-3-4-7-12/h11-12H,3-10H2,1-2H3. The van der Waals surface area contributed by atoms with E-state index in [2.05, 4.69) is 13.8 Å². The van der Waals surface area contributed by atoms with Crippen LogP contribution in [0.5, 0.6) is 0 Å². The van der Waals surface area contributed by atoms with Crippen LogP contribution in [-0.4, -0.2) is 19.0 Å². The van der Waals surface area contributed by atoms with Crippen molar-refractivity contribution >= 4 is 5.78 Å². The number of rotatable bonds is 7. The topological polar surface area (TPSA) is 26.3 Å². The third-order valence-corrected chi connectivity index (χ3v) is 2.97. The molecule has 0 bridgehead atoms. The number of ketones is 1. The van der Waals surface area contributed by atoms with Gasteiger partial charge in [-0.1, -0.05) is 26.7 Å². The highest BCUT2D eigenvalue weighted by molar-refractivity contribution is 5.81. The third-order valence-electron chi connectivity index (χ3n) is 2.97. The number of hydrogen-bond donors (Lipinski definition) is 0. The molecule has 0 aromatic rings. The van der Waals surface area contributed by atoms with Gasteiger partial charge in [-0.2, -0.15) is 0 Å². The number of carbonyl (C=O) groups excluding carboxylic acids is 1. The summed E-state index contributed by atoms with van der Waals surface area (Å²) in [5.74, 6) is 1.45. The Balaban J connectivity index is 1.97. The summed E-state index contributed by atoms with van der Waals surface area (Å²) < 4.78 is 5.46. The van der Waals surface area contributed by atoms with Crippen LogP contribution in [0.3, 0.4) is 0 Å². The fraction of sp³-hybridized carbons (Fsp3) is 0.923. The van der Waals surface area contributed by atoms with Gasteiger partial charge in [-0.3, -0.25) is 4.79 Å². The Hall–Kier alpha value is -0.370. The molecule has 15 heavy (non-hydrogen) atoms. The summed E-state index contributed by atoms with van der Waals surface area (Å²) in [6.45, 7) is 5.85. The number of carbonyl (C=O) groups is 1. The van der Waals surface area contributed by atoms with Crippen molar-refractivity contribution < 1.29 is 9.53 Å². The van der Waals surface area contributed by atoms with Gasteiger partial charge in [0.2, 0.25) is 0 Å². The van der Waals surface area contributed by atoms with Gasteiger partial charge in [0.25, 0.3) is 0 Å². The first-order valence-electron chi connectivity index (χ1n) is 6.30. The molecule has 1 aliphatic carbocycles. The van der Waals surface area contributed by atoms with Crippen LogP contribution in [0.15, 0.2) is 0 Å². The largest absolute Gasteiger partial charge is 0.381 e. The Morgan fingerprint density at radius 1 is 1.33 bits per heavy atom. The lowest BCUT2D eigenvalue weighted by atomic mass is 9.99. The molecule has 0 unspecified atom stereocenters. The van der Waals surface area contributed by atoms with Crippen LogP contribution in [0, 0.1) is 11.8 Å². The Bertz CT molecular complexity index is 181. The first kappa shape index (κ1) is 12.7. The van der Waals surface area contributed by atoms with Crippen molar-refractivity contribution in [1.82, 2.24) is 0 Å².